The van der Waals surface area contributed by atoms with E-state index in [9.17, 15) is 14.4 Å². The average Bonchev–Trinajstić information content (AvgIpc) is 2.99. The summed E-state index contributed by atoms with van der Waals surface area (Å²) in [5.41, 5.74) is 2.39. The molecule has 0 spiro atoms. The first-order valence-corrected chi connectivity index (χ1v) is 8.74. The molecule has 1 aliphatic carbocycles. The maximum absolute atomic E-state index is 13.2. The van der Waals surface area contributed by atoms with Crippen LogP contribution in [0, 0.1) is 0 Å². The van der Waals surface area contributed by atoms with Crippen molar-refractivity contribution in [2.75, 3.05) is 12.4 Å². The van der Waals surface area contributed by atoms with Crippen molar-refractivity contribution in [1.29, 1.82) is 0 Å². The number of carbonyl (C=O) groups is 1. The maximum Gasteiger partial charge on any atom is 0.327 e. The molecule has 7 nitrogen and oxygen atoms in total. The molecule has 1 aromatic heterocycles. The number of nitrogens with one attached hydrogen (secondary N) is 3. The largest absolute Gasteiger partial charge is 0.497 e. The number of ether oxygens (including phenoxy) is 1. The van der Waals surface area contributed by atoms with Gasteiger partial charge in [0, 0.05) is 22.6 Å². The number of methoxy groups -OCH3 is 1. The summed E-state index contributed by atoms with van der Waals surface area (Å²) in [7, 11) is 1.57. The summed E-state index contributed by atoms with van der Waals surface area (Å²) in [5, 5.41) is 3.11. The predicted octanol–water partition coefficient (Wildman–Crippen LogP) is 2.24. The Bertz CT molecular complexity index is 1280. The topological polar surface area (TPSA) is 104 Å². The zero-order valence-electron chi connectivity index (χ0n) is 14.8. The Labute approximate surface area is 158 Å². The first kappa shape index (κ1) is 16.3. The second-order valence-corrected chi connectivity index (χ2v) is 6.69. The van der Waals surface area contributed by atoms with Gasteiger partial charge in [0.2, 0.25) is 0 Å². The van der Waals surface area contributed by atoms with Crippen molar-refractivity contribution in [3.8, 4) is 5.75 Å². The van der Waals surface area contributed by atoms with Gasteiger partial charge in [-0.2, -0.15) is 0 Å². The Morgan fingerprint density at radius 2 is 1.61 bits per heavy atom. The molecule has 1 atom stereocenters. The van der Waals surface area contributed by atoms with Crippen LogP contribution in [0.4, 0.5) is 5.82 Å². The summed E-state index contributed by atoms with van der Waals surface area (Å²) in [6, 6.07) is 14.5. The molecule has 0 amide bonds. The first-order chi connectivity index (χ1) is 13.6. The van der Waals surface area contributed by atoms with Gasteiger partial charge in [-0.15, -0.1) is 0 Å². The molecule has 0 bridgehead atoms. The van der Waals surface area contributed by atoms with Crippen LogP contribution in [0.2, 0.25) is 0 Å². The van der Waals surface area contributed by atoms with E-state index in [1.54, 1.807) is 31.4 Å². The third-order valence-electron chi connectivity index (χ3n) is 5.21. The van der Waals surface area contributed by atoms with Crippen LogP contribution in [-0.4, -0.2) is 22.9 Å². The number of hydrogen-bond donors (Lipinski definition) is 3. The third-order valence-corrected chi connectivity index (χ3v) is 5.21. The molecular formula is C21H15N3O4. The fraction of sp³-hybridized carbons (Fsp3) is 0.0952. The highest BCUT2D eigenvalue weighted by Gasteiger charge is 2.41. The molecule has 3 aromatic rings. The number of rotatable bonds is 2. The quantitative estimate of drug-likeness (QED) is 0.639. The highest BCUT2D eigenvalue weighted by Crippen LogP contribution is 2.47. The van der Waals surface area contributed by atoms with Gasteiger partial charge in [0.25, 0.3) is 5.56 Å². The highest BCUT2D eigenvalue weighted by atomic mass is 16.5. The Morgan fingerprint density at radius 3 is 2.32 bits per heavy atom. The molecule has 0 radical (unpaired) electrons. The van der Waals surface area contributed by atoms with Gasteiger partial charge >= 0.3 is 5.69 Å². The Hall–Kier alpha value is -3.87. The van der Waals surface area contributed by atoms with Crippen LogP contribution < -0.4 is 21.3 Å². The predicted molar refractivity (Wildman–Crippen MR) is 104 cm³/mol. The fourth-order valence-corrected chi connectivity index (χ4v) is 3.98. The minimum atomic E-state index is -0.613. The molecule has 2 aromatic carbocycles. The summed E-state index contributed by atoms with van der Waals surface area (Å²) in [6.45, 7) is 0. The van der Waals surface area contributed by atoms with Gasteiger partial charge in [-0.25, -0.2) is 4.79 Å². The second-order valence-electron chi connectivity index (χ2n) is 6.69. The summed E-state index contributed by atoms with van der Waals surface area (Å²) in [6.07, 6.45) is 0. The molecule has 0 saturated heterocycles. The number of carbonyl (C=O) groups excluding carboxylic acids is 1. The van der Waals surface area contributed by atoms with Gasteiger partial charge in [0.1, 0.15) is 11.6 Å². The number of aromatic nitrogens is 2. The molecule has 28 heavy (non-hydrogen) atoms. The number of fused-ring (bicyclic) bond motifs is 3. The van der Waals surface area contributed by atoms with E-state index in [0.29, 0.717) is 34.0 Å². The standard InChI is InChI=1S/C21H15N3O4/c1-28-11-8-6-10(7-9-11)14-15-17(12-4-2-3-5-13(12)18(15)25)22-19-16(14)20(26)24-21(27)23-19/h2-9,14H,1H3,(H3,22,23,24,26,27)/t14-/m1/s1. The van der Waals surface area contributed by atoms with Crippen molar-refractivity contribution in [1.82, 2.24) is 9.97 Å². The number of hydrogen-bond acceptors (Lipinski definition) is 5. The zero-order valence-corrected chi connectivity index (χ0v) is 14.8. The highest BCUT2D eigenvalue weighted by molar-refractivity contribution is 6.23. The van der Waals surface area contributed by atoms with E-state index >= 15 is 0 Å². The first-order valence-electron chi connectivity index (χ1n) is 8.74. The van der Waals surface area contributed by atoms with Crippen LogP contribution in [0.5, 0.6) is 5.75 Å². The van der Waals surface area contributed by atoms with E-state index in [1.807, 2.05) is 24.3 Å². The van der Waals surface area contributed by atoms with E-state index in [2.05, 4.69) is 15.3 Å². The molecule has 7 heteroatoms. The zero-order chi connectivity index (χ0) is 19.4. The Kier molecular flexibility index (Phi) is 3.39. The van der Waals surface area contributed by atoms with Crippen molar-refractivity contribution in [2.45, 2.75) is 5.92 Å². The lowest BCUT2D eigenvalue weighted by atomic mass is 9.81. The van der Waals surface area contributed by atoms with Gasteiger partial charge in [-0.3, -0.25) is 19.6 Å². The maximum atomic E-state index is 13.2. The van der Waals surface area contributed by atoms with Crippen molar-refractivity contribution >= 4 is 17.3 Å². The van der Waals surface area contributed by atoms with E-state index in [4.69, 9.17) is 4.74 Å². The van der Waals surface area contributed by atoms with Crippen molar-refractivity contribution in [2.24, 2.45) is 0 Å². The molecule has 2 aliphatic rings. The number of aromatic amines is 2. The van der Waals surface area contributed by atoms with Gasteiger partial charge in [-0.1, -0.05) is 36.4 Å². The number of benzene rings is 2. The van der Waals surface area contributed by atoms with E-state index in [0.717, 1.165) is 11.1 Å². The molecule has 1 aliphatic heterocycles. The van der Waals surface area contributed by atoms with E-state index < -0.39 is 17.2 Å². The van der Waals surface area contributed by atoms with Crippen molar-refractivity contribution in [3.05, 3.63) is 97.2 Å². The van der Waals surface area contributed by atoms with Crippen molar-refractivity contribution < 1.29 is 9.53 Å². The fourth-order valence-electron chi connectivity index (χ4n) is 3.98. The smallest absolute Gasteiger partial charge is 0.327 e. The Balaban J connectivity index is 1.81. The summed E-state index contributed by atoms with van der Waals surface area (Å²) in [4.78, 5) is 42.7. The molecule has 3 N–H and O–H groups in total. The molecule has 0 saturated carbocycles. The van der Waals surface area contributed by atoms with Crippen LogP contribution in [0.1, 0.15) is 33.0 Å². The molecular weight excluding hydrogens is 358 g/mol. The van der Waals surface area contributed by atoms with Gasteiger partial charge < -0.3 is 10.1 Å². The van der Waals surface area contributed by atoms with Crippen LogP contribution in [-0.2, 0) is 0 Å². The van der Waals surface area contributed by atoms with Gasteiger partial charge in [0.05, 0.1) is 18.4 Å². The molecule has 138 valence electrons. The van der Waals surface area contributed by atoms with Crippen LogP contribution in [0.3, 0.4) is 0 Å². The van der Waals surface area contributed by atoms with Crippen molar-refractivity contribution in [3.63, 3.8) is 0 Å². The van der Waals surface area contributed by atoms with E-state index in [1.165, 1.54) is 0 Å². The average molecular weight is 373 g/mol. The van der Waals surface area contributed by atoms with E-state index in [-0.39, 0.29) is 5.78 Å². The van der Waals surface area contributed by atoms with Crippen LogP contribution >= 0.6 is 0 Å². The van der Waals surface area contributed by atoms with Crippen LogP contribution in [0.25, 0.3) is 5.70 Å². The SMILES string of the molecule is COc1ccc([C@@H]2C3=C(Nc4[nH]c(=O)[nH]c(=O)c42)c2ccccc2C3=O)cc1. The molecule has 5 rings (SSSR count). The summed E-state index contributed by atoms with van der Waals surface area (Å²) < 4.78 is 5.22. The third kappa shape index (κ3) is 2.19. The summed E-state index contributed by atoms with van der Waals surface area (Å²) >= 11 is 0. The number of H-pyrrole nitrogens is 2. The molecule has 0 fully saturated rings. The second kappa shape index (κ2) is 5.82. The molecule has 2 heterocycles. The van der Waals surface area contributed by atoms with Crippen LogP contribution in [0.15, 0.2) is 63.7 Å². The number of allylic oxidation sites excluding steroid dienone is 1. The number of ketones is 1. The lowest BCUT2D eigenvalue weighted by Crippen LogP contribution is -2.33. The lowest BCUT2D eigenvalue weighted by Gasteiger charge is -2.27. The Morgan fingerprint density at radius 1 is 0.893 bits per heavy atom. The van der Waals surface area contributed by atoms with Gasteiger partial charge in [-0.05, 0) is 17.7 Å². The summed E-state index contributed by atoms with van der Waals surface area (Å²) in [5.74, 6) is 0.231. The minimum Gasteiger partial charge on any atom is -0.497 e. The molecule has 0 unspecified atom stereocenters. The minimum absolute atomic E-state index is 0.129. The monoisotopic (exact) mass is 373 g/mol. The lowest BCUT2D eigenvalue weighted by molar-refractivity contribution is 0.103. The number of anilines is 1. The normalized spacial score (nSPS) is 16.9. The number of Topliss-reactive ketones (excluding diaryl/α,β-unsaturated/α-hetero) is 1. The van der Waals surface area contributed by atoms with Gasteiger partial charge in [0.15, 0.2) is 5.78 Å².